The molecule has 0 aromatic heterocycles. The highest BCUT2D eigenvalue weighted by molar-refractivity contribution is 5.83. The lowest BCUT2D eigenvalue weighted by Crippen LogP contribution is -2.40. The summed E-state index contributed by atoms with van der Waals surface area (Å²) in [5.41, 5.74) is 5.47. The Morgan fingerprint density at radius 1 is 0.585 bits per heavy atom. The normalized spacial score (nSPS) is 13.7. The van der Waals surface area contributed by atoms with E-state index in [2.05, 4.69) is 110 Å². The van der Waals surface area contributed by atoms with Crippen LogP contribution in [-0.2, 0) is 19.1 Å². The van der Waals surface area contributed by atoms with E-state index < -0.39 is 12.0 Å². The maximum Gasteiger partial charge on any atom is 0.326 e. The van der Waals surface area contributed by atoms with Crippen molar-refractivity contribution in [2.45, 2.75) is 167 Å². The fourth-order valence-corrected chi connectivity index (χ4v) is 5.27. The Kier molecular flexibility index (Phi) is 36.7. The number of ether oxygens (including phenoxy) is 1. The van der Waals surface area contributed by atoms with E-state index in [1.54, 1.807) is 0 Å². The molecule has 4 N–H and O–H groups in total. The van der Waals surface area contributed by atoms with Crippen LogP contribution in [0.15, 0.2) is 97.2 Å². The molecule has 0 fully saturated rings. The van der Waals surface area contributed by atoms with E-state index in [1.165, 1.54) is 12.8 Å². The summed E-state index contributed by atoms with van der Waals surface area (Å²) in [5.74, 6) is -1.42. The van der Waals surface area contributed by atoms with Crippen LogP contribution in [0.2, 0.25) is 0 Å². The van der Waals surface area contributed by atoms with Gasteiger partial charge in [-0.15, -0.1) is 0 Å². The quantitative estimate of drug-likeness (QED) is 0.0339. The zero-order chi connectivity index (χ0) is 38.9. The van der Waals surface area contributed by atoms with E-state index in [-0.39, 0.29) is 18.0 Å². The highest BCUT2D eigenvalue weighted by atomic mass is 16.5. The summed E-state index contributed by atoms with van der Waals surface area (Å²) < 4.78 is 5.86. The third-order valence-corrected chi connectivity index (χ3v) is 8.37. The smallest absolute Gasteiger partial charge is 0.326 e. The first-order valence-electron chi connectivity index (χ1n) is 20.6. The summed E-state index contributed by atoms with van der Waals surface area (Å²) in [6.07, 6.45) is 53.3. The predicted molar refractivity (Wildman–Crippen MR) is 225 cm³/mol. The zero-order valence-electron chi connectivity index (χ0n) is 33.3. The van der Waals surface area contributed by atoms with Crippen LogP contribution in [0.5, 0.6) is 0 Å². The topological polar surface area (TPSA) is 119 Å². The molecule has 0 bridgehead atoms. The molecule has 0 saturated carbocycles. The maximum atomic E-state index is 12.7. The summed E-state index contributed by atoms with van der Waals surface area (Å²) in [6, 6.07) is -0.883. The van der Waals surface area contributed by atoms with Gasteiger partial charge in [-0.3, -0.25) is 9.59 Å². The van der Waals surface area contributed by atoms with Crippen molar-refractivity contribution in [3.8, 4) is 0 Å². The molecule has 0 saturated heterocycles. The van der Waals surface area contributed by atoms with Gasteiger partial charge < -0.3 is 20.9 Å². The van der Waals surface area contributed by atoms with E-state index in [0.717, 1.165) is 96.3 Å². The van der Waals surface area contributed by atoms with Gasteiger partial charge in [0, 0.05) is 12.8 Å². The van der Waals surface area contributed by atoms with Gasteiger partial charge in [0.25, 0.3) is 0 Å². The second-order valence-electron chi connectivity index (χ2n) is 13.3. The van der Waals surface area contributed by atoms with Crippen LogP contribution >= 0.6 is 0 Å². The van der Waals surface area contributed by atoms with Crippen molar-refractivity contribution in [2.75, 3.05) is 6.54 Å². The first kappa shape index (κ1) is 49.3. The number of carbonyl (C=O) groups excluding carboxylic acids is 2. The number of allylic oxidation sites excluding steroid dienone is 15. The van der Waals surface area contributed by atoms with Crippen LogP contribution in [0.25, 0.3) is 0 Å². The van der Waals surface area contributed by atoms with Crippen molar-refractivity contribution in [2.24, 2.45) is 5.73 Å². The number of carboxylic acids is 1. The second-order valence-corrected chi connectivity index (χ2v) is 13.3. The second kappa shape index (κ2) is 39.5. The van der Waals surface area contributed by atoms with Crippen molar-refractivity contribution < 1.29 is 24.2 Å². The Balaban J connectivity index is 4.34. The van der Waals surface area contributed by atoms with Crippen molar-refractivity contribution in [1.29, 1.82) is 0 Å². The number of hydrogen-bond acceptors (Lipinski definition) is 5. The van der Waals surface area contributed by atoms with Crippen LogP contribution in [0.4, 0.5) is 0 Å². The standard InChI is InChI=1S/C46H74N2O5/c1-3-5-7-9-11-12-13-14-15-16-17-18-19-20-21-22-23-24-26-28-34-40-45(50)53-42(36-31-27-25-10-8-6-4-2)37-32-29-30-33-39-44(49)48-43(46(51)52)38-35-41-47/h5,7,10-12,14-15,17-18,20-21,23-25,31,36,42-43H,3-4,6,8-9,13,16,19,22,26-30,32-35,37-41,47H2,1-2H3,(H,48,49)(H,51,52)/b7-5-,12-11-,15-14-,18-17-,21-20-,24-23-,25-10-,36-31-. The molecule has 7 heteroatoms. The number of esters is 1. The molecule has 0 aliphatic heterocycles. The van der Waals surface area contributed by atoms with E-state index in [0.29, 0.717) is 38.6 Å². The molecule has 0 spiro atoms. The Bertz CT molecular complexity index is 1140. The summed E-state index contributed by atoms with van der Waals surface area (Å²) in [6.45, 7) is 4.73. The molecule has 7 nitrogen and oxygen atoms in total. The minimum absolute atomic E-state index is 0.153. The number of amides is 1. The SMILES string of the molecule is CC/C=C\C/C=C\C/C=C\C/C=C\C/C=C\C/C=C\CCCCC(=O)OC(/C=C\C/C=C\CCCC)CCCCCCC(=O)NC(CCCN)C(=O)O. The number of hydrogen-bond donors (Lipinski definition) is 3. The lowest BCUT2D eigenvalue weighted by Gasteiger charge is -2.15. The highest BCUT2D eigenvalue weighted by Gasteiger charge is 2.19. The molecule has 0 aromatic carbocycles. The number of carboxylic acid groups (broad SMARTS) is 1. The van der Waals surface area contributed by atoms with Crippen LogP contribution in [0.3, 0.4) is 0 Å². The monoisotopic (exact) mass is 735 g/mol. The third kappa shape index (κ3) is 36.4. The van der Waals surface area contributed by atoms with Crippen LogP contribution < -0.4 is 11.1 Å². The molecule has 0 rings (SSSR count). The van der Waals surface area contributed by atoms with Crippen LogP contribution in [0.1, 0.15) is 155 Å². The zero-order valence-corrected chi connectivity index (χ0v) is 33.3. The minimum Gasteiger partial charge on any atom is -0.480 e. The van der Waals surface area contributed by atoms with Gasteiger partial charge in [-0.25, -0.2) is 4.79 Å². The summed E-state index contributed by atoms with van der Waals surface area (Å²) in [4.78, 5) is 36.2. The molecule has 0 radical (unpaired) electrons. The molecule has 0 aliphatic rings. The maximum absolute atomic E-state index is 12.7. The molecule has 1 amide bonds. The fraction of sp³-hybridized carbons (Fsp3) is 0.587. The van der Waals surface area contributed by atoms with Crippen LogP contribution in [0, 0.1) is 0 Å². The van der Waals surface area contributed by atoms with Gasteiger partial charge in [0.15, 0.2) is 0 Å². The van der Waals surface area contributed by atoms with Gasteiger partial charge in [0.2, 0.25) is 5.91 Å². The molecule has 53 heavy (non-hydrogen) atoms. The third-order valence-electron chi connectivity index (χ3n) is 8.37. The number of rotatable bonds is 35. The molecular formula is C46H74N2O5. The summed E-state index contributed by atoms with van der Waals surface area (Å²) >= 11 is 0. The number of nitrogens with one attached hydrogen (secondary N) is 1. The number of carbonyl (C=O) groups is 3. The Labute approximate surface area is 323 Å². The van der Waals surface area contributed by atoms with Gasteiger partial charge in [0.1, 0.15) is 12.1 Å². The number of nitrogens with two attached hydrogens (primary N) is 1. The molecule has 2 unspecified atom stereocenters. The van der Waals surface area contributed by atoms with E-state index in [9.17, 15) is 19.5 Å². The van der Waals surface area contributed by atoms with Gasteiger partial charge in [-0.2, -0.15) is 0 Å². The fourth-order valence-electron chi connectivity index (χ4n) is 5.27. The first-order chi connectivity index (χ1) is 25.9. The number of aliphatic carboxylic acids is 1. The first-order valence-corrected chi connectivity index (χ1v) is 20.6. The predicted octanol–water partition coefficient (Wildman–Crippen LogP) is 11.5. The van der Waals surface area contributed by atoms with Crippen LogP contribution in [-0.4, -0.2) is 41.6 Å². The molecule has 298 valence electrons. The molecule has 0 aliphatic carbocycles. The van der Waals surface area contributed by atoms with Gasteiger partial charge in [0.05, 0.1) is 0 Å². The van der Waals surface area contributed by atoms with Gasteiger partial charge in [-0.1, -0.05) is 131 Å². The molecule has 2 atom stereocenters. The van der Waals surface area contributed by atoms with Crippen molar-refractivity contribution in [1.82, 2.24) is 5.32 Å². The van der Waals surface area contributed by atoms with E-state index in [1.807, 2.05) is 6.08 Å². The van der Waals surface area contributed by atoms with E-state index >= 15 is 0 Å². The van der Waals surface area contributed by atoms with Crippen molar-refractivity contribution in [3.63, 3.8) is 0 Å². The Morgan fingerprint density at radius 3 is 1.64 bits per heavy atom. The summed E-state index contributed by atoms with van der Waals surface area (Å²) in [5, 5.41) is 11.9. The lowest BCUT2D eigenvalue weighted by atomic mass is 10.1. The van der Waals surface area contributed by atoms with Crippen molar-refractivity contribution in [3.05, 3.63) is 97.2 Å². The molecule has 0 aromatic rings. The largest absolute Gasteiger partial charge is 0.480 e. The van der Waals surface area contributed by atoms with Gasteiger partial charge in [-0.05, 0) is 115 Å². The number of unbranched alkanes of at least 4 members (excludes halogenated alkanes) is 7. The van der Waals surface area contributed by atoms with Crippen molar-refractivity contribution >= 4 is 17.8 Å². The lowest BCUT2D eigenvalue weighted by molar-refractivity contribution is -0.147. The Hall–Kier alpha value is -3.71. The molecular weight excluding hydrogens is 661 g/mol. The average Bonchev–Trinajstić information content (AvgIpc) is 3.14. The van der Waals surface area contributed by atoms with E-state index in [4.69, 9.17) is 10.5 Å². The minimum atomic E-state index is -1.03. The summed E-state index contributed by atoms with van der Waals surface area (Å²) in [7, 11) is 0. The Morgan fingerprint density at radius 2 is 1.09 bits per heavy atom. The average molecular weight is 735 g/mol. The highest BCUT2D eigenvalue weighted by Crippen LogP contribution is 2.14. The van der Waals surface area contributed by atoms with Gasteiger partial charge >= 0.3 is 11.9 Å². The molecule has 0 heterocycles.